The van der Waals surface area contributed by atoms with E-state index in [1.54, 1.807) is 31.4 Å². The minimum atomic E-state index is -0.398. The van der Waals surface area contributed by atoms with E-state index in [0.717, 1.165) is 16.9 Å². The summed E-state index contributed by atoms with van der Waals surface area (Å²) >= 11 is 0. The fourth-order valence-electron chi connectivity index (χ4n) is 2.01. The zero-order valence-electron chi connectivity index (χ0n) is 11.4. The molecule has 0 aromatic heterocycles. The molecule has 2 nitrogen and oxygen atoms in total. The van der Waals surface area contributed by atoms with Gasteiger partial charge in [0.1, 0.15) is 11.6 Å². The van der Waals surface area contributed by atoms with E-state index in [1.165, 1.54) is 6.07 Å². The van der Waals surface area contributed by atoms with Gasteiger partial charge in [0.25, 0.3) is 0 Å². The average molecular weight is 267 g/mol. The molecule has 0 saturated carbocycles. The van der Waals surface area contributed by atoms with Gasteiger partial charge in [-0.1, -0.05) is 24.3 Å². The van der Waals surface area contributed by atoms with E-state index in [1.807, 2.05) is 31.2 Å². The quantitative estimate of drug-likeness (QED) is 0.616. The molecule has 3 heteroatoms. The van der Waals surface area contributed by atoms with E-state index in [2.05, 4.69) is 0 Å². The summed E-state index contributed by atoms with van der Waals surface area (Å²) in [7, 11) is 1.61. The molecule has 0 heterocycles. The van der Waals surface area contributed by atoms with Crippen molar-refractivity contribution in [1.82, 2.24) is 0 Å². The van der Waals surface area contributed by atoms with Gasteiger partial charge in [-0.3, -0.25) is 0 Å². The van der Waals surface area contributed by atoms with Crippen LogP contribution in [0.2, 0.25) is 0 Å². The second-order valence-corrected chi connectivity index (χ2v) is 4.38. The monoisotopic (exact) mass is 267 g/mol. The summed E-state index contributed by atoms with van der Waals surface area (Å²) < 4.78 is 18.9. The Morgan fingerprint density at radius 1 is 1.25 bits per heavy atom. The number of nitrogens with zero attached hydrogens (tertiary/aromatic N) is 1. The van der Waals surface area contributed by atoms with Gasteiger partial charge < -0.3 is 4.74 Å². The second kappa shape index (κ2) is 6.03. The SMILES string of the molecule is COc1ccc(C=C(C#N)c2ccccc2F)cc1C. The van der Waals surface area contributed by atoms with Crippen LogP contribution in [-0.2, 0) is 0 Å². The Morgan fingerprint density at radius 3 is 2.60 bits per heavy atom. The molecule has 0 fully saturated rings. The maximum absolute atomic E-state index is 13.7. The van der Waals surface area contributed by atoms with Crippen molar-refractivity contribution in [3.8, 4) is 11.8 Å². The summed E-state index contributed by atoms with van der Waals surface area (Å²) in [5.74, 6) is 0.386. The van der Waals surface area contributed by atoms with Crippen molar-refractivity contribution in [2.45, 2.75) is 6.92 Å². The molecule has 0 radical (unpaired) electrons. The minimum absolute atomic E-state index is 0.299. The Labute approximate surface area is 117 Å². The smallest absolute Gasteiger partial charge is 0.131 e. The van der Waals surface area contributed by atoms with Crippen LogP contribution in [0, 0.1) is 24.1 Å². The van der Waals surface area contributed by atoms with Crippen LogP contribution in [0.3, 0.4) is 0 Å². The average Bonchev–Trinajstić information content (AvgIpc) is 2.46. The number of halogens is 1. The number of hydrogen-bond acceptors (Lipinski definition) is 2. The van der Waals surface area contributed by atoms with E-state index >= 15 is 0 Å². The fourth-order valence-corrected chi connectivity index (χ4v) is 2.01. The molecule has 2 aromatic rings. The van der Waals surface area contributed by atoms with Gasteiger partial charge in [-0.25, -0.2) is 4.39 Å². The molecule has 0 aliphatic rings. The molecule has 0 unspecified atom stereocenters. The number of benzene rings is 2. The van der Waals surface area contributed by atoms with Gasteiger partial charge in [0.2, 0.25) is 0 Å². The van der Waals surface area contributed by atoms with Crippen LogP contribution in [0.4, 0.5) is 4.39 Å². The molecule has 0 aliphatic carbocycles. The third-order valence-corrected chi connectivity index (χ3v) is 3.01. The molecule has 100 valence electrons. The van der Waals surface area contributed by atoms with E-state index in [4.69, 9.17) is 4.74 Å². The highest BCUT2D eigenvalue weighted by Gasteiger charge is 2.07. The lowest BCUT2D eigenvalue weighted by Crippen LogP contribution is -1.89. The topological polar surface area (TPSA) is 33.0 Å². The maximum atomic E-state index is 13.7. The predicted molar refractivity (Wildman–Crippen MR) is 77.6 cm³/mol. The number of hydrogen-bond donors (Lipinski definition) is 0. The van der Waals surface area contributed by atoms with E-state index in [0.29, 0.717) is 11.1 Å². The van der Waals surface area contributed by atoms with Crippen molar-refractivity contribution >= 4 is 11.6 Å². The van der Waals surface area contributed by atoms with Crippen LogP contribution in [-0.4, -0.2) is 7.11 Å². The van der Waals surface area contributed by atoms with Crippen LogP contribution in [0.25, 0.3) is 11.6 Å². The number of aryl methyl sites for hydroxylation is 1. The zero-order valence-corrected chi connectivity index (χ0v) is 11.4. The highest BCUT2D eigenvalue weighted by molar-refractivity contribution is 5.89. The van der Waals surface area contributed by atoms with Gasteiger partial charge in [0, 0.05) is 5.56 Å². The molecule has 2 rings (SSSR count). The van der Waals surface area contributed by atoms with Crippen molar-refractivity contribution in [2.75, 3.05) is 7.11 Å². The molecule has 0 aliphatic heterocycles. The van der Waals surface area contributed by atoms with Gasteiger partial charge in [-0.05, 0) is 42.3 Å². The maximum Gasteiger partial charge on any atom is 0.131 e. The Morgan fingerprint density at radius 2 is 2.00 bits per heavy atom. The Bertz CT molecular complexity index is 698. The first kappa shape index (κ1) is 13.8. The van der Waals surface area contributed by atoms with E-state index < -0.39 is 5.82 Å². The summed E-state index contributed by atoms with van der Waals surface area (Å²) in [6.45, 7) is 1.92. The lowest BCUT2D eigenvalue weighted by Gasteiger charge is -2.06. The molecule has 0 N–H and O–H groups in total. The second-order valence-electron chi connectivity index (χ2n) is 4.38. The Hall–Kier alpha value is -2.60. The predicted octanol–water partition coefficient (Wildman–Crippen LogP) is 4.21. The van der Waals surface area contributed by atoms with E-state index in [-0.39, 0.29) is 0 Å². The third-order valence-electron chi connectivity index (χ3n) is 3.01. The van der Waals surface area contributed by atoms with Crippen LogP contribution >= 0.6 is 0 Å². The van der Waals surface area contributed by atoms with Crippen molar-refractivity contribution in [3.05, 3.63) is 65.0 Å². The van der Waals surface area contributed by atoms with Gasteiger partial charge >= 0.3 is 0 Å². The normalized spacial score (nSPS) is 11.0. The fraction of sp³-hybridized carbons (Fsp3) is 0.118. The zero-order chi connectivity index (χ0) is 14.5. The van der Waals surface area contributed by atoms with Crippen LogP contribution in [0.5, 0.6) is 5.75 Å². The number of methoxy groups -OCH3 is 1. The molecule has 0 amide bonds. The highest BCUT2D eigenvalue weighted by atomic mass is 19.1. The first-order chi connectivity index (χ1) is 9.65. The molecule has 20 heavy (non-hydrogen) atoms. The molecular formula is C17H14FNO. The first-order valence-electron chi connectivity index (χ1n) is 6.17. The lowest BCUT2D eigenvalue weighted by molar-refractivity contribution is 0.411. The summed E-state index contributed by atoms with van der Waals surface area (Å²) in [6, 6.07) is 13.9. The molecule has 0 saturated heterocycles. The molecular weight excluding hydrogens is 253 g/mol. The van der Waals surface area contributed by atoms with Crippen LogP contribution < -0.4 is 4.74 Å². The third kappa shape index (κ3) is 2.86. The first-order valence-corrected chi connectivity index (χ1v) is 6.17. The summed E-state index contributed by atoms with van der Waals surface area (Å²) in [6.07, 6.45) is 1.67. The van der Waals surface area contributed by atoms with Crippen LogP contribution in [0.15, 0.2) is 42.5 Å². The molecule has 0 atom stereocenters. The number of allylic oxidation sites excluding steroid dienone is 1. The van der Waals surface area contributed by atoms with Crippen molar-refractivity contribution in [3.63, 3.8) is 0 Å². The van der Waals surface area contributed by atoms with Gasteiger partial charge in [-0.2, -0.15) is 5.26 Å². The lowest BCUT2D eigenvalue weighted by atomic mass is 10.0. The van der Waals surface area contributed by atoms with E-state index in [9.17, 15) is 9.65 Å². The Kier molecular flexibility index (Phi) is 4.17. The van der Waals surface area contributed by atoms with Crippen molar-refractivity contribution in [2.24, 2.45) is 0 Å². The number of rotatable bonds is 3. The van der Waals surface area contributed by atoms with Crippen molar-refractivity contribution < 1.29 is 9.13 Å². The largest absolute Gasteiger partial charge is 0.496 e. The molecule has 0 bridgehead atoms. The highest BCUT2D eigenvalue weighted by Crippen LogP contribution is 2.23. The van der Waals surface area contributed by atoms with Crippen molar-refractivity contribution in [1.29, 1.82) is 5.26 Å². The van der Waals surface area contributed by atoms with Gasteiger partial charge in [0.15, 0.2) is 0 Å². The summed E-state index contributed by atoms with van der Waals surface area (Å²) in [5, 5.41) is 9.23. The summed E-state index contributed by atoms with van der Waals surface area (Å²) in [5.41, 5.74) is 2.41. The van der Waals surface area contributed by atoms with Crippen LogP contribution in [0.1, 0.15) is 16.7 Å². The molecule has 2 aromatic carbocycles. The number of ether oxygens (including phenoxy) is 1. The summed E-state index contributed by atoms with van der Waals surface area (Å²) in [4.78, 5) is 0. The number of nitriles is 1. The minimum Gasteiger partial charge on any atom is -0.496 e. The standard InChI is InChI=1S/C17H14FNO/c1-12-9-13(7-8-17(12)20-2)10-14(11-19)15-5-3-4-6-16(15)18/h3-10H,1-2H3. The van der Waals surface area contributed by atoms with Gasteiger partial charge in [0.05, 0.1) is 18.8 Å². The molecule has 0 spiro atoms. The Balaban J connectivity index is 2.45. The van der Waals surface area contributed by atoms with Gasteiger partial charge in [-0.15, -0.1) is 0 Å².